The smallest absolute Gasteiger partial charge is 0.258 e. The van der Waals surface area contributed by atoms with Crippen LogP contribution in [0.25, 0.3) is 0 Å². The molecule has 7 heteroatoms. The number of carbonyl (C=O) groups is 1. The van der Waals surface area contributed by atoms with Crippen molar-refractivity contribution in [3.8, 4) is 11.5 Å². The largest absolute Gasteiger partial charge is 0.493 e. The SMILES string of the molecule is COc1ccc(N[C@@H]2c3ncccc3C(=O)N2Cc2ccc(F)cc2)cc1OC. The van der Waals surface area contributed by atoms with Crippen molar-refractivity contribution in [3.63, 3.8) is 0 Å². The number of nitrogens with zero attached hydrogens (tertiary/aromatic N) is 2. The van der Waals surface area contributed by atoms with Crippen LogP contribution in [-0.2, 0) is 6.54 Å². The number of fused-ring (bicyclic) bond motifs is 1. The molecule has 1 aliphatic rings. The molecule has 0 fully saturated rings. The second-order valence-corrected chi connectivity index (χ2v) is 6.61. The Morgan fingerprint density at radius 1 is 1.07 bits per heavy atom. The topological polar surface area (TPSA) is 63.7 Å². The highest BCUT2D eigenvalue weighted by atomic mass is 19.1. The van der Waals surface area contributed by atoms with Crippen LogP contribution < -0.4 is 14.8 Å². The molecule has 29 heavy (non-hydrogen) atoms. The minimum Gasteiger partial charge on any atom is -0.493 e. The third-order valence-electron chi connectivity index (χ3n) is 4.85. The number of anilines is 1. The van der Waals surface area contributed by atoms with Gasteiger partial charge >= 0.3 is 0 Å². The summed E-state index contributed by atoms with van der Waals surface area (Å²) in [6, 6.07) is 15.1. The summed E-state index contributed by atoms with van der Waals surface area (Å²) in [6.07, 6.45) is 1.19. The summed E-state index contributed by atoms with van der Waals surface area (Å²) in [4.78, 5) is 19.1. The van der Waals surface area contributed by atoms with Gasteiger partial charge in [-0.05, 0) is 42.0 Å². The Hall–Kier alpha value is -3.61. The van der Waals surface area contributed by atoms with Crippen LogP contribution in [0.3, 0.4) is 0 Å². The minimum absolute atomic E-state index is 0.129. The molecule has 3 aromatic rings. The van der Waals surface area contributed by atoms with Crippen LogP contribution in [-0.4, -0.2) is 30.0 Å². The third kappa shape index (κ3) is 3.59. The Labute approximate surface area is 167 Å². The minimum atomic E-state index is -0.471. The first kappa shape index (κ1) is 18.7. The van der Waals surface area contributed by atoms with Gasteiger partial charge in [0.15, 0.2) is 11.5 Å². The van der Waals surface area contributed by atoms with Crippen molar-refractivity contribution in [1.29, 1.82) is 0 Å². The molecule has 1 amide bonds. The summed E-state index contributed by atoms with van der Waals surface area (Å²) in [6.45, 7) is 0.320. The highest BCUT2D eigenvalue weighted by Crippen LogP contribution is 2.36. The average Bonchev–Trinajstić information content (AvgIpc) is 3.01. The summed E-state index contributed by atoms with van der Waals surface area (Å²) in [5, 5.41) is 3.37. The fourth-order valence-corrected chi connectivity index (χ4v) is 3.42. The number of halogens is 1. The van der Waals surface area contributed by atoms with Crippen molar-refractivity contribution in [2.75, 3.05) is 19.5 Å². The van der Waals surface area contributed by atoms with Crippen LogP contribution >= 0.6 is 0 Å². The molecule has 6 nitrogen and oxygen atoms in total. The van der Waals surface area contributed by atoms with Gasteiger partial charge in [0, 0.05) is 24.5 Å². The summed E-state index contributed by atoms with van der Waals surface area (Å²) < 4.78 is 23.9. The molecular weight excluding hydrogens is 373 g/mol. The maximum Gasteiger partial charge on any atom is 0.258 e. The molecule has 0 unspecified atom stereocenters. The van der Waals surface area contributed by atoms with Gasteiger partial charge in [-0.2, -0.15) is 0 Å². The lowest BCUT2D eigenvalue weighted by molar-refractivity contribution is 0.0727. The van der Waals surface area contributed by atoms with Crippen LogP contribution in [0.5, 0.6) is 11.5 Å². The number of hydrogen-bond donors (Lipinski definition) is 1. The molecule has 0 bridgehead atoms. The van der Waals surface area contributed by atoms with E-state index < -0.39 is 6.17 Å². The maximum absolute atomic E-state index is 13.3. The van der Waals surface area contributed by atoms with E-state index in [4.69, 9.17) is 9.47 Å². The Bertz CT molecular complexity index is 1040. The number of carbonyl (C=O) groups excluding carboxylic acids is 1. The molecule has 2 aromatic carbocycles. The van der Waals surface area contributed by atoms with Crippen LogP contribution in [0.1, 0.15) is 27.8 Å². The number of rotatable bonds is 6. The Morgan fingerprint density at radius 2 is 1.83 bits per heavy atom. The molecular formula is C22H20FN3O3. The second-order valence-electron chi connectivity index (χ2n) is 6.61. The molecule has 4 rings (SSSR count). The molecule has 1 aliphatic heterocycles. The fourth-order valence-electron chi connectivity index (χ4n) is 3.42. The number of ether oxygens (including phenoxy) is 2. The molecule has 148 valence electrons. The molecule has 0 saturated carbocycles. The quantitative estimate of drug-likeness (QED) is 0.686. The van der Waals surface area contributed by atoms with Crippen molar-refractivity contribution in [2.45, 2.75) is 12.7 Å². The van der Waals surface area contributed by atoms with E-state index >= 15 is 0 Å². The number of aromatic nitrogens is 1. The standard InChI is InChI=1S/C22H20FN3O3/c1-28-18-10-9-16(12-19(18)29-2)25-21-20-17(4-3-11-24-20)22(27)26(21)13-14-5-7-15(23)8-6-14/h3-12,21,25H,13H2,1-2H3/t21-/m0/s1. The molecule has 0 aliphatic carbocycles. The first-order valence-corrected chi connectivity index (χ1v) is 9.09. The van der Waals surface area contributed by atoms with Gasteiger partial charge in [-0.3, -0.25) is 9.78 Å². The first-order chi connectivity index (χ1) is 14.1. The van der Waals surface area contributed by atoms with Gasteiger partial charge in [-0.1, -0.05) is 12.1 Å². The zero-order valence-corrected chi connectivity index (χ0v) is 16.1. The second kappa shape index (κ2) is 7.79. The number of amides is 1. The highest BCUT2D eigenvalue weighted by molar-refractivity contribution is 5.98. The van der Waals surface area contributed by atoms with E-state index in [-0.39, 0.29) is 11.7 Å². The van der Waals surface area contributed by atoms with Crippen LogP contribution in [0.15, 0.2) is 60.8 Å². The molecule has 1 aromatic heterocycles. The van der Waals surface area contributed by atoms with Crippen molar-refractivity contribution in [1.82, 2.24) is 9.88 Å². The normalized spacial score (nSPS) is 15.2. The number of hydrogen-bond acceptors (Lipinski definition) is 5. The van der Waals surface area contributed by atoms with E-state index in [0.717, 1.165) is 11.3 Å². The van der Waals surface area contributed by atoms with E-state index in [1.165, 1.54) is 12.1 Å². The van der Waals surface area contributed by atoms with Crippen molar-refractivity contribution in [3.05, 3.63) is 83.4 Å². The predicted molar refractivity (Wildman–Crippen MR) is 106 cm³/mol. The predicted octanol–water partition coefficient (Wildman–Crippen LogP) is 4.00. The monoisotopic (exact) mass is 393 g/mol. The molecule has 1 N–H and O–H groups in total. The van der Waals surface area contributed by atoms with Crippen LogP contribution in [0, 0.1) is 5.82 Å². The zero-order chi connectivity index (χ0) is 20.4. The van der Waals surface area contributed by atoms with Crippen molar-refractivity contribution >= 4 is 11.6 Å². The van der Waals surface area contributed by atoms with Gasteiger partial charge in [0.1, 0.15) is 12.0 Å². The van der Waals surface area contributed by atoms with Gasteiger partial charge < -0.3 is 19.7 Å². The van der Waals surface area contributed by atoms with Gasteiger partial charge in [0.05, 0.1) is 25.5 Å². The molecule has 2 heterocycles. The van der Waals surface area contributed by atoms with Gasteiger partial charge in [0.25, 0.3) is 5.91 Å². The highest BCUT2D eigenvalue weighted by Gasteiger charge is 2.38. The average molecular weight is 393 g/mol. The van der Waals surface area contributed by atoms with E-state index in [1.807, 2.05) is 6.07 Å². The van der Waals surface area contributed by atoms with E-state index in [9.17, 15) is 9.18 Å². The van der Waals surface area contributed by atoms with Crippen molar-refractivity contribution in [2.24, 2.45) is 0 Å². The van der Waals surface area contributed by atoms with Crippen LogP contribution in [0.4, 0.5) is 10.1 Å². The number of pyridine rings is 1. The van der Waals surface area contributed by atoms with Crippen LogP contribution in [0.2, 0.25) is 0 Å². The number of methoxy groups -OCH3 is 2. The summed E-state index contributed by atoms with van der Waals surface area (Å²) in [5.74, 6) is 0.747. The van der Waals surface area contributed by atoms with E-state index in [0.29, 0.717) is 29.3 Å². The van der Waals surface area contributed by atoms with Gasteiger partial charge in [0.2, 0.25) is 0 Å². The van der Waals surface area contributed by atoms with Crippen molar-refractivity contribution < 1.29 is 18.7 Å². The number of nitrogens with one attached hydrogen (secondary N) is 1. The Balaban J connectivity index is 1.67. The third-order valence-corrected chi connectivity index (χ3v) is 4.85. The summed E-state index contributed by atoms with van der Waals surface area (Å²) in [5.41, 5.74) is 2.77. The summed E-state index contributed by atoms with van der Waals surface area (Å²) in [7, 11) is 3.14. The summed E-state index contributed by atoms with van der Waals surface area (Å²) >= 11 is 0. The first-order valence-electron chi connectivity index (χ1n) is 9.09. The lowest BCUT2D eigenvalue weighted by atomic mass is 10.2. The Morgan fingerprint density at radius 3 is 2.55 bits per heavy atom. The van der Waals surface area contributed by atoms with E-state index in [2.05, 4.69) is 10.3 Å². The lowest BCUT2D eigenvalue weighted by Crippen LogP contribution is -2.32. The molecule has 0 saturated heterocycles. The molecule has 0 spiro atoms. The fraction of sp³-hybridized carbons (Fsp3) is 0.182. The molecule has 0 radical (unpaired) electrons. The maximum atomic E-state index is 13.3. The number of benzene rings is 2. The van der Waals surface area contributed by atoms with Gasteiger partial charge in [-0.15, -0.1) is 0 Å². The zero-order valence-electron chi connectivity index (χ0n) is 16.1. The molecule has 1 atom stereocenters. The van der Waals surface area contributed by atoms with E-state index in [1.54, 1.807) is 61.7 Å². The lowest BCUT2D eigenvalue weighted by Gasteiger charge is -2.27. The Kier molecular flexibility index (Phi) is 5.03. The van der Waals surface area contributed by atoms with Gasteiger partial charge in [-0.25, -0.2) is 4.39 Å².